The summed E-state index contributed by atoms with van der Waals surface area (Å²) in [5.41, 5.74) is 27.0. The van der Waals surface area contributed by atoms with Gasteiger partial charge in [-0.15, -0.1) is 0 Å². The molecule has 40 heavy (non-hydrogen) atoms. The number of rotatable bonds is 17. The number of carboxylic acids is 1. The number of guanidine groups is 1. The van der Waals surface area contributed by atoms with Crippen molar-refractivity contribution in [3.63, 3.8) is 0 Å². The lowest BCUT2D eigenvalue weighted by atomic mass is 10.0. The Morgan fingerprint density at radius 2 is 1.27 bits per heavy atom. The van der Waals surface area contributed by atoms with E-state index in [1.165, 1.54) is 24.3 Å². The normalized spacial score (nSPS) is 13.5. The van der Waals surface area contributed by atoms with Gasteiger partial charge in [0, 0.05) is 13.0 Å². The van der Waals surface area contributed by atoms with Crippen molar-refractivity contribution in [3.05, 3.63) is 29.8 Å². The smallest absolute Gasteiger partial charge is 0.326 e. The topological polar surface area (TPSA) is 321 Å². The van der Waals surface area contributed by atoms with Crippen molar-refractivity contribution in [2.45, 2.75) is 56.3 Å². The Balaban J connectivity index is 3.10. The van der Waals surface area contributed by atoms with Gasteiger partial charge in [0.05, 0.1) is 18.9 Å². The molecule has 1 rings (SSSR count). The summed E-state index contributed by atoms with van der Waals surface area (Å²) in [6.07, 6.45) is -1.10. The highest BCUT2D eigenvalue weighted by atomic mass is 16.4. The fourth-order valence-corrected chi connectivity index (χ4v) is 3.36. The van der Waals surface area contributed by atoms with Crippen molar-refractivity contribution < 1.29 is 39.0 Å². The highest BCUT2D eigenvalue weighted by Crippen LogP contribution is 2.12. The van der Waals surface area contributed by atoms with Crippen LogP contribution in [0.5, 0.6) is 5.75 Å². The molecular formula is C23H35N9O8. The van der Waals surface area contributed by atoms with Crippen molar-refractivity contribution >= 4 is 41.5 Å². The number of primary amides is 2. The molecule has 0 aliphatic rings. The standard InChI is InChI=1S/C23H35N9O8/c24-13(2-1-7-29-23(27)28)19(36)30-15(9-17(25)34)21(38)31-14(8-11-3-5-12(33)6-4-11)20(37)32-16(22(39)40)10-18(26)35/h3-6,13-16,33H,1-2,7-10,24H2,(H2,25,34)(H2,26,35)(H,30,36)(H,31,38)(H,32,37)(H,39,40)(H4,27,28,29). The van der Waals surface area contributed by atoms with Crippen LogP contribution >= 0.6 is 0 Å². The van der Waals surface area contributed by atoms with Crippen LogP contribution in [0.15, 0.2) is 29.3 Å². The lowest BCUT2D eigenvalue weighted by Gasteiger charge is -2.25. The zero-order chi connectivity index (χ0) is 30.4. The first-order valence-corrected chi connectivity index (χ1v) is 12.0. The van der Waals surface area contributed by atoms with Gasteiger partial charge >= 0.3 is 5.97 Å². The number of nitrogens with two attached hydrogens (primary N) is 5. The molecule has 0 fully saturated rings. The number of benzene rings is 1. The maximum Gasteiger partial charge on any atom is 0.326 e. The van der Waals surface area contributed by atoms with Crippen LogP contribution in [0, 0.1) is 0 Å². The number of carboxylic acid groups (broad SMARTS) is 1. The van der Waals surface area contributed by atoms with E-state index in [9.17, 15) is 39.0 Å². The van der Waals surface area contributed by atoms with E-state index < -0.39 is 72.5 Å². The number of aromatic hydroxyl groups is 1. The van der Waals surface area contributed by atoms with E-state index in [-0.39, 0.29) is 31.1 Å². The summed E-state index contributed by atoms with van der Waals surface area (Å²) >= 11 is 0. The SMILES string of the molecule is NC(=O)CC(NC(=O)C(Cc1ccc(O)cc1)NC(=O)C(CC(N)=O)NC(=O)C(N)CCCN=C(N)N)C(=O)O. The first-order valence-electron chi connectivity index (χ1n) is 12.0. The van der Waals surface area contributed by atoms with Crippen molar-refractivity contribution in [3.8, 4) is 5.75 Å². The summed E-state index contributed by atoms with van der Waals surface area (Å²) in [6, 6.07) is -0.236. The van der Waals surface area contributed by atoms with Crippen LogP contribution < -0.4 is 44.6 Å². The highest BCUT2D eigenvalue weighted by Gasteiger charge is 2.31. The zero-order valence-electron chi connectivity index (χ0n) is 21.5. The van der Waals surface area contributed by atoms with Gasteiger partial charge in [0.25, 0.3) is 0 Å². The summed E-state index contributed by atoms with van der Waals surface area (Å²) in [5.74, 6) is -6.49. The van der Waals surface area contributed by atoms with E-state index >= 15 is 0 Å². The Kier molecular flexibility index (Phi) is 13.3. The summed E-state index contributed by atoms with van der Waals surface area (Å²) < 4.78 is 0. The molecule has 0 saturated carbocycles. The third kappa shape index (κ3) is 12.5. The van der Waals surface area contributed by atoms with E-state index in [1.54, 1.807) is 0 Å². The van der Waals surface area contributed by atoms with Gasteiger partial charge in [0.15, 0.2) is 5.96 Å². The Bertz CT molecular complexity index is 1110. The molecule has 1 aromatic rings. The molecule has 0 saturated heterocycles. The van der Waals surface area contributed by atoms with E-state index in [4.69, 9.17) is 28.7 Å². The molecule has 4 unspecified atom stereocenters. The number of phenolic OH excluding ortho intramolecular Hbond substituents is 1. The molecule has 0 heterocycles. The predicted octanol–water partition coefficient (Wildman–Crippen LogP) is -4.39. The molecule has 0 aromatic heterocycles. The lowest BCUT2D eigenvalue weighted by molar-refractivity contribution is -0.143. The molecule has 0 aliphatic heterocycles. The summed E-state index contributed by atoms with van der Waals surface area (Å²) in [4.78, 5) is 76.8. The van der Waals surface area contributed by atoms with Crippen molar-refractivity contribution in [2.75, 3.05) is 6.54 Å². The molecule has 17 heteroatoms. The number of phenols is 1. The maximum absolute atomic E-state index is 13.1. The zero-order valence-corrected chi connectivity index (χ0v) is 21.5. The molecule has 5 amide bonds. The van der Waals surface area contributed by atoms with Gasteiger partial charge in [-0.3, -0.25) is 29.0 Å². The average molecular weight is 566 g/mol. The van der Waals surface area contributed by atoms with Gasteiger partial charge in [-0.05, 0) is 30.5 Å². The Morgan fingerprint density at radius 1 is 0.775 bits per heavy atom. The Hall–Kier alpha value is -4.93. The van der Waals surface area contributed by atoms with E-state index in [2.05, 4.69) is 20.9 Å². The van der Waals surface area contributed by atoms with Gasteiger partial charge in [0.1, 0.15) is 23.9 Å². The van der Waals surface area contributed by atoms with Crippen molar-refractivity contribution in [1.29, 1.82) is 0 Å². The molecule has 4 atom stereocenters. The summed E-state index contributed by atoms with van der Waals surface area (Å²) in [7, 11) is 0. The number of carbonyl (C=O) groups excluding carboxylic acids is 5. The number of nitrogens with zero attached hydrogens (tertiary/aromatic N) is 1. The van der Waals surface area contributed by atoms with Crippen LogP contribution in [-0.2, 0) is 35.2 Å². The number of aliphatic carboxylic acids is 1. The van der Waals surface area contributed by atoms with Crippen LogP contribution in [0.4, 0.5) is 0 Å². The fourth-order valence-electron chi connectivity index (χ4n) is 3.36. The van der Waals surface area contributed by atoms with Crippen LogP contribution in [0.3, 0.4) is 0 Å². The third-order valence-corrected chi connectivity index (χ3v) is 5.37. The quantitative estimate of drug-likeness (QED) is 0.0488. The van der Waals surface area contributed by atoms with Gasteiger partial charge in [-0.1, -0.05) is 12.1 Å². The molecular weight excluding hydrogens is 530 g/mol. The fraction of sp³-hybridized carbons (Fsp3) is 0.435. The third-order valence-electron chi connectivity index (χ3n) is 5.37. The van der Waals surface area contributed by atoms with Gasteiger partial charge in [-0.25, -0.2) is 4.79 Å². The summed E-state index contributed by atoms with van der Waals surface area (Å²) in [5, 5.41) is 25.7. The first kappa shape index (κ1) is 33.1. The number of hydrogen-bond donors (Lipinski definition) is 10. The second-order valence-electron chi connectivity index (χ2n) is 8.79. The number of hydrogen-bond acceptors (Lipinski definition) is 9. The summed E-state index contributed by atoms with van der Waals surface area (Å²) in [6.45, 7) is 0.204. The van der Waals surface area contributed by atoms with Crippen molar-refractivity contribution in [2.24, 2.45) is 33.7 Å². The first-order chi connectivity index (χ1) is 18.7. The molecule has 17 nitrogen and oxygen atoms in total. The van der Waals surface area contributed by atoms with Crippen LogP contribution in [0.25, 0.3) is 0 Å². The lowest BCUT2D eigenvalue weighted by Crippen LogP contribution is -2.58. The second kappa shape index (κ2) is 16.1. The highest BCUT2D eigenvalue weighted by molar-refractivity contribution is 5.96. The van der Waals surface area contributed by atoms with E-state index in [0.29, 0.717) is 12.0 Å². The van der Waals surface area contributed by atoms with E-state index in [0.717, 1.165) is 0 Å². The Labute approximate surface area is 228 Å². The minimum absolute atomic E-state index is 0.0694. The number of carbonyl (C=O) groups is 6. The van der Waals surface area contributed by atoms with E-state index in [1.807, 2.05) is 0 Å². The Morgan fingerprint density at radius 3 is 1.80 bits per heavy atom. The minimum Gasteiger partial charge on any atom is -0.508 e. The molecule has 0 bridgehead atoms. The molecule has 1 aromatic carbocycles. The maximum atomic E-state index is 13.1. The largest absolute Gasteiger partial charge is 0.508 e. The van der Waals surface area contributed by atoms with Crippen LogP contribution in [0.1, 0.15) is 31.2 Å². The van der Waals surface area contributed by atoms with Crippen LogP contribution in [-0.4, -0.2) is 82.4 Å². The van der Waals surface area contributed by atoms with Crippen LogP contribution in [0.2, 0.25) is 0 Å². The molecule has 0 spiro atoms. The van der Waals surface area contributed by atoms with Crippen molar-refractivity contribution in [1.82, 2.24) is 16.0 Å². The molecule has 15 N–H and O–H groups in total. The van der Waals surface area contributed by atoms with Gasteiger partial charge < -0.3 is 54.8 Å². The van der Waals surface area contributed by atoms with Gasteiger partial charge in [-0.2, -0.15) is 0 Å². The monoisotopic (exact) mass is 565 g/mol. The number of aliphatic imine (C=N–C) groups is 1. The second-order valence-corrected chi connectivity index (χ2v) is 8.79. The molecule has 0 radical (unpaired) electrons. The minimum atomic E-state index is -1.69. The predicted molar refractivity (Wildman–Crippen MR) is 141 cm³/mol. The van der Waals surface area contributed by atoms with Gasteiger partial charge in [0.2, 0.25) is 29.5 Å². The number of amides is 5. The molecule has 220 valence electrons. The number of nitrogens with one attached hydrogen (secondary N) is 3. The molecule has 0 aliphatic carbocycles. The average Bonchev–Trinajstić information content (AvgIpc) is 2.85.